The van der Waals surface area contributed by atoms with Crippen molar-refractivity contribution in [3.8, 4) is 5.75 Å². The molecule has 1 N–H and O–H groups in total. The van der Waals surface area contributed by atoms with Crippen molar-refractivity contribution in [1.82, 2.24) is 0 Å². The highest BCUT2D eigenvalue weighted by Gasteiger charge is 1.89. The number of aromatic hydroxyl groups is 1. The minimum Gasteiger partial charge on any atom is -0.507 e. The summed E-state index contributed by atoms with van der Waals surface area (Å²) in [5, 5.41) is 8.84. The molecule has 1 aromatic rings. The zero-order valence-corrected chi connectivity index (χ0v) is 5.64. The van der Waals surface area contributed by atoms with Crippen LogP contribution in [0.5, 0.6) is 5.75 Å². The van der Waals surface area contributed by atoms with Crippen molar-refractivity contribution in [3.05, 3.63) is 28.7 Å². The first-order valence-corrected chi connectivity index (χ1v) is 2.94. The second-order valence-electron chi connectivity index (χ2n) is 1.38. The molecule has 0 unspecified atom stereocenters. The fourth-order valence-electron chi connectivity index (χ4n) is 0.403. The van der Waals surface area contributed by atoms with Crippen molar-refractivity contribution in [2.24, 2.45) is 0 Å². The minimum atomic E-state index is 0.229. The molecule has 1 radical (unpaired) electrons. The van der Waals surface area contributed by atoms with Gasteiger partial charge in [-0.3, -0.25) is 0 Å². The number of rotatable bonds is 0. The molecule has 1 rings (SSSR count). The molecular weight excluding hydrogens is 168 g/mol. The molecule has 0 aliphatic rings. The van der Waals surface area contributed by atoms with Gasteiger partial charge in [0.05, 0.1) is 4.47 Å². The third-order valence-corrected chi connectivity index (χ3v) is 1.46. The van der Waals surface area contributed by atoms with E-state index in [4.69, 9.17) is 5.11 Å². The Bertz CT molecular complexity index is 165. The molecule has 0 saturated carbocycles. The Hall–Kier alpha value is -0.500. The monoisotopic (exact) mass is 171 g/mol. The van der Waals surface area contributed by atoms with Gasteiger partial charge < -0.3 is 5.11 Å². The number of halogens is 1. The summed E-state index contributed by atoms with van der Waals surface area (Å²) in [5.41, 5.74) is 0. The van der Waals surface area contributed by atoms with Crippen LogP contribution < -0.4 is 0 Å². The molecule has 0 spiro atoms. The first kappa shape index (κ1) is 5.63. The fourth-order valence-corrected chi connectivity index (χ4v) is 0.649. The van der Waals surface area contributed by atoms with E-state index in [-0.39, 0.29) is 5.75 Å². The predicted molar refractivity (Wildman–Crippen MR) is 34.6 cm³/mol. The van der Waals surface area contributed by atoms with Crippen molar-refractivity contribution < 1.29 is 5.11 Å². The summed E-state index contributed by atoms with van der Waals surface area (Å²) in [6.07, 6.45) is 0. The third-order valence-electron chi connectivity index (χ3n) is 0.791. The maximum absolute atomic E-state index is 8.84. The Morgan fingerprint density at radius 3 is 2.75 bits per heavy atom. The lowest BCUT2D eigenvalue weighted by Gasteiger charge is -1.89. The summed E-state index contributed by atoms with van der Waals surface area (Å²) in [7, 11) is 0. The maximum atomic E-state index is 8.84. The van der Waals surface area contributed by atoms with Crippen molar-refractivity contribution in [3.63, 3.8) is 0 Å². The largest absolute Gasteiger partial charge is 0.507 e. The highest BCUT2D eigenvalue weighted by Crippen LogP contribution is 2.20. The highest BCUT2D eigenvalue weighted by atomic mass is 79.9. The molecule has 1 aromatic carbocycles. The van der Waals surface area contributed by atoms with E-state index in [0.29, 0.717) is 4.47 Å². The second kappa shape index (κ2) is 2.18. The van der Waals surface area contributed by atoms with E-state index in [1.807, 2.05) is 0 Å². The molecule has 0 aromatic heterocycles. The van der Waals surface area contributed by atoms with Crippen molar-refractivity contribution in [2.75, 3.05) is 0 Å². The van der Waals surface area contributed by atoms with Gasteiger partial charge in [-0.05, 0) is 34.1 Å². The zero-order chi connectivity index (χ0) is 5.98. The molecule has 0 bridgehead atoms. The van der Waals surface area contributed by atoms with Gasteiger partial charge in [0.1, 0.15) is 5.75 Å². The Kier molecular flexibility index (Phi) is 1.53. The molecule has 0 amide bonds. The molecule has 0 fully saturated rings. The molecule has 0 heterocycles. The number of hydrogen-bond acceptors (Lipinski definition) is 1. The van der Waals surface area contributed by atoms with Gasteiger partial charge in [0, 0.05) is 0 Å². The van der Waals surface area contributed by atoms with Gasteiger partial charge >= 0.3 is 0 Å². The Balaban J connectivity index is 3.13. The number of hydrogen-bond donors (Lipinski definition) is 1. The van der Waals surface area contributed by atoms with E-state index in [0.717, 1.165) is 0 Å². The Labute approximate surface area is 56.1 Å². The second-order valence-corrected chi connectivity index (χ2v) is 2.23. The number of benzene rings is 1. The van der Waals surface area contributed by atoms with E-state index in [1.165, 1.54) is 6.07 Å². The molecule has 0 atom stereocenters. The van der Waals surface area contributed by atoms with Gasteiger partial charge in [-0.1, -0.05) is 6.07 Å². The quantitative estimate of drug-likeness (QED) is 0.634. The van der Waals surface area contributed by atoms with Crippen LogP contribution >= 0.6 is 15.9 Å². The molecule has 1 nitrogen and oxygen atoms in total. The van der Waals surface area contributed by atoms with Crippen LogP contribution in [-0.4, -0.2) is 5.11 Å². The SMILES string of the molecule is Oc1c[c]ccc1Br. The van der Waals surface area contributed by atoms with Gasteiger partial charge in [0.15, 0.2) is 0 Å². The highest BCUT2D eigenvalue weighted by molar-refractivity contribution is 9.10. The van der Waals surface area contributed by atoms with Gasteiger partial charge in [-0.25, -0.2) is 0 Å². The van der Waals surface area contributed by atoms with Gasteiger partial charge in [-0.2, -0.15) is 0 Å². The normalized spacial score (nSPS) is 9.12. The topological polar surface area (TPSA) is 20.2 Å². The average Bonchev–Trinajstić information content (AvgIpc) is 1.77. The Morgan fingerprint density at radius 2 is 2.38 bits per heavy atom. The summed E-state index contributed by atoms with van der Waals surface area (Å²) in [4.78, 5) is 0. The summed E-state index contributed by atoms with van der Waals surface area (Å²) in [6, 6.07) is 7.68. The summed E-state index contributed by atoms with van der Waals surface area (Å²) >= 11 is 3.13. The van der Waals surface area contributed by atoms with Crippen LogP contribution in [0.15, 0.2) is 22.7 Å². The fraction of sp³-hybridized carbons (Fsp3) is 0. The summed E-state index contributed by atoms with van der Waals surface area (Å²) in [5.74, 6) is 0.229. The maximum Gasteiger partial charge on any atom is 0.130 e. The van der Waals surface area contributed by atoms with Gasteiger partial charge in [0.25, 0.3) is 0 Å². The van der Waals surface area contributed by atoms with Crippen molar-refractivity contribution in [1.29, 1.82) is 0 Å². The van der Waals surface area contributed by atoms with Crippen LogP contribution in [0.2, 0.25) is 0 Å². The van der Waals surface area contributed by atoms with E-state index in [1.54, 1.807) is 12.1 Å². The molecule has 0 aliphatic carbocycles. The first-order chi connectivity index (χ1) is 3.80. The van der Waals surface area contributed by atoms with E-state index in [2.05, 4.69) is 22.0 Å². The van der Waals surface area contributed by atoms with Crippen molar-refractivity contribution in [2.45, 2.75) is 0 Å². The summed E-state index contributed by atoms with van der Waals surface area (Å²) < 4.78 is 0.705. The van der Waals surface area contributed by atoms with E-state index >= 15 is 0 Å². The lowest BCUT2D eigenvalue weighted by Crippen LogP contribution is -1.63. The number of phenols is 1. The first-order valence-electron chi connectivity index (χ1n) is 2.15. The van der Waals surface area contributed by atoms with Crippen LogP contribution in [0.3, 0.4) is 0 Å². The van der Waals surface area contributed by atoms with Crippen LogP contribution in [0, 0.1) is 6.07 Å². The minimum absolute atomic E-state index is 0.229. The molecule has 0 saturated heterocycles. The smallest absolute Gasteiger partial charge is 0.130 e. The predicted octanol–water partition coefficient (Wildman–Crippen LogP) is 1.95. The van der Waals surface area contributed by atoms with Crippen LogP contribution in [0.4, 0.5) is 0 Å². The van der Waals surface area contributed by atoms with E-state index < -0.39 is 0 Å². The molecular formula is C6H4BrO. The molecule has 2 heteroatoms. The molecule has 8 heavy (non-hydrogen) atoms. The van der Waals surface area contributed by atoms with Gasteiger partial charge in [-0.15, -0.1) is 0 Å². The Morgan fingerprint density at radius 1 is 1.62 bits per heavy atom. The standard InChI is InChI=1S/C6H4BrO/c7-5-3-1-2-4-6(5)8/h1,3-4,8H. The lowest BCUT2D eigenvalue weighted by atomic mass is 10.3. The van der Waals surface area contributed by atoms with Crippen molar-refractivity contribution >= 4 is 15.9 Å². The van der Waals surface area contributed by atoms with Gasteiger partial charge in [0.2, 0.25) is 0 Å². The molecule has 0 aliphatic heterocycles. The third kappa shape index (κ3) is 1.01. The average molecular weight is 172 g/mol. The summed E-state index contributed by atoms with van der Waals surface area (Å²) in [6.45, 7) is 0. The van der Waals surface area contributed by atoms with Crippen LogP contribution in [0.1, 0.15) is 0 Å². The van der Waals surface area contributed by atoms with Crippen LogP contribution in [0.25, 0.3) is 0 Å². The molecule has 41 valence electrons. The van der Waals surface area contributed by atoms with Crippen LogP contribution in [-0.2, 0) is 0 Å². The lowest BCUT2D eigenvalue weighted by molar-refractivity contribution is 0.472. The number of phenolic OH excluding ortho intramolecular Hbond substituents is 1. The van der Waals surface area contributed by atoms with E-state index in [9.17, 15) is 0 Å². The zero-order valence-electron chi connectivity index (χ0n) is 4.06.